The van der Waals surface area contributed by atoms with Crippen LogP contribution in [0.2, 0.25) is 0 Å². The van der Waals surface area contributed by atoms with Gasteiger partial charge in [-0.3, -0.25) is 0 Å². The predicted molar refractivity (Wildman–Crippen MR) is 46.2 cm³/mol. The minimum Gasteiger partial charge on any atom is -0.393 e. The van der Waals surface area contributed by atoms with Gasteiger partial charge in [-0.05, 0) is 38.0 Å². The van der Waals surface area contributed by atoms with Gasteiger partial charge in [-0.2, -0.15) is 0 Å². The standard InChI is InChI=1S/C9H19NO/c1-6-3-4-8(7(2)10)5-9(6)11/h6-9,11H,3-5,10H2,1-2H3/t6?,7-,8?,9?/m0/s1. The van der Waals surface area contributed by atoms with E-state index >= 15 is 0 Å². The van der Waals surface area contributed by atoms with Crippen LogP contribution in [-0.4, -0.2) is 17.3 Å². The highest BCUT2D eigenvalue weighted by molar-refractivity contribution is 4.81. The van der Waals surface area contributed by atoms with Gasteiger partial charge in [0, 0.05) is 6.04 Å². The van der Waals surface area contributed by atoms with Crippen molar-refractivity contribution >= 4 is 0 Å². The van der Waals surface area contributed by atoms with Gasteiger partial charge < -0.3 is 10.8 Å². The van der Waals surface area contributed by atoms with E-state index in [9.17, 15) is 5.11 Å². The minimum atomic E-state index is -0.111. The number of hydrogen-bond donors (Lipinski definition) is 2. The molecule has 1 aliphatic carbocycles. The van der Waals surface area contributed by atoms with E-state index in [0.717, 1.165) is 12.8 Å². The molecule has 3 N–H and O–H groups in total. The van der Waals surface area contributed by atoms with E-state index < -0.39 is 0 Å². The molecule has 0 amide bonds. The Balaban J connectivity index is 2.40. The molecule has 4 atom stereocenters. The van der Waals surface area contributed by atoms with Crippen molar-refractivity contribution in [1.29, 1.82) is 0 Å². The molecule has 0 aromatic heterocycles. The summed E-state index contributed by atoms with van der Waals surface area (Å²) in [7, 11) is 0. The zero-order valence-electron chi connectivity index (χ0n) is 7.46. The van der Waals surface area contributed by atoms with Crippen LogP contribution >= 0.6 is 0 Å². The molecular formula is C9H19NO. The number of rotatable bonds is 1. The predicted octanol–water partition coefficient (Wildman–Crippen LogP) is 1.13. The number of aliphatic hydroxyl groups is 1. The molecule has 2 nitrogen and oxygen atoms in total. The molecule has 0 saturated heterocycles. The SMILES string of the molecule is CC1CCC([C@H](C)N)CC1O. The van der Waals surface area contributed by atoms with E-state index in [4.69, 9.17) is 5.73 Å². The van der Waals surface area contributed by atoms with Crippen molar-refractivity contribution in [2.45, 2.75) is 45.3 Å². The summed E-state index contributed by atoms with van der Waals surface area (Å²) in [6.45, 7) is 4.15. The van der Waals surface area contributed by atoms with E-state index in [0.29, 0.717) is 11.8 Å². The molecule has 0 radical (unpaired) electrons. The van der Waals surface area contributed by atoms with Crippen molar-refractivity contribution in [2.24, 2.45) is 17.6 Å². The lowest BCUT2D eigenvalue weighted by Crippen LogP contribution is -2.36. The van der Waals surface area contributed by atoms with Crippen LogP contribution in [0, 0.1) is 11.8 Å². The monoisotopic (exact) mass is 157 g/mol. The van der Waals surface area contributed by atoms with Crippen LogP contribution in [0.1, 0.15) is 33.1 Å². The fourth-order valence-electron chi connectivity index (χ4n) is 1.81. The molecular weight excluding hydrogens is 138 g/mol. The van der Waals surface area contributed by atoms with Crippen molar-refractivity contribution in [2.75, 3.05) is 0 Å². The van der Waals surface area contributed by atoms with Gasteiger partial charge in [0.25, 0.3) is 0 Å². The second-order valence-electron chi connectivity index (χ2n) is 3.98. The zero-order chi connectivity index (χ0) is 8.43. The Hall–Kier alpha value is -0.0800. The van der Waals surface area contributed by atoms with Crippen molar-refractivity contribution in [1.82, 2.24) is 0 Å². The number of aliphatic hydroxyl groups excluding tert-OH is 1. The molecule has 0 aromatic carbocycles. The highest BCUT2D eigenvalue weighted by atomic mass is 16.3. The van der Waals surface area contributed by atoms with Crippen LogP contribution in [0.5, 0.6) is 0 Å². The van der Waals surface area contributed by atoms with Gasteiger partial charge in [0.05, 0.1) is 6.10 Å². The van der Waals surface area contributed by atoms with E-state index in [1.807, 2.05) is 6.92 Å². The third-order valence-electron chi connectivity index (χ3n) is 2.94. The van der Waals surface area contributed by atoms with E-state index in [-0.39, 0.29) is 12.1 Å². The molecule has 0 aromatic rings. The highest BCUT2D eigenvalue weighted by Gasteiger charge is 2.27. The van der Waals surface area contributed by atoms with Gasteiger partial charge in [-0.15, -0.1) is 0 Å². The van der Waals surface area contributed by atoms with Crippen molar-refractivity contribution in [3.63, 3.8) is 0 Å². The summed E-state index contributed by atoms with van der Waals surface area (Å²) >= 11 is 0. The van der Waals surface area contributed by atoms with Crippen molar-refractivity contribution in [3.8, 4) is 0 Å². The quantitative estimate of drug-likeness (QED) is 0.599. The first-order chi connectivity index (χ1) is 5.11. The Morgan fingerprint density at radius 3 is 2.55 bits per heavy atom. The molecule has 0 heterocycles. The lowest BCUT2D eigenvalue weighted by Gasteiger charge is -2.32. The fourth-order valence-corrected chi connectivity index (χ4v) is 1.81. The van der Waals surface area contributed by atoms with Gasteiger partial charge in [0.2, 0.25) is 0 Å². The first-order valence-electron chi connectivity index (χ1n) is 4.55. The Morgan fingerprint density at radius 2 is 2.09 bits per heavy atom. The molecule has 0 spiro atoms. The third-order valence-corrected chi connectivity index (χ3v) is 2.94. The zero-order valence-corrected chi connectivity index (χ0v) is 7.46. The van der Waals surface area contributed by atoms with Gasteiger partial charge in [0.1, 0.15) is 0 Å². The number of hydrogen-bond acceptors (Lipinski definition) is 2. The summed E-state index contributed by atoms with van der Waals surface area (Å²) in [4.78, 5) is 0. The minimum absolute atomic E-state index is 0.111. The van der Waals surface area contributed by atoms with E-state index in [1.54, 1.807) is 0 Å². The summed E-state index contributed by atoms with van der Waals surface area (Å²) in [6, 6.07) is 0.247. The van der Waals surface area contributed by atoms with Crippen LogP contribution in [0.15, 0.2) is 0 Å². The van der Waals surface area contributed by atoms with Crippen LogP contribution in [0.25, 0.3) is 0 Å². The molecule has 0 aliphatic heterocycles. The summed E-state index contributed by atoms with van der Waals surface area (Å²) in [5.41, 5.74) is 5.76. The van der Waals surface area contributed by atoms with Crippen LogP contribution in [0.3, 0.4) is 0 Å². The smallest absolute Gasteiger partial charge is 0.0569 e. The molecule has 66 valence electrons. The lowest BCUT2D eigenvalue weighted by molar-refractivity contribution is 0.0480. The van der Waals surface area contributed by atoms with Gasteiger partial charge in [-0.1, -0.05) is 6.92 Å². The largest absolute Gasteiger partial charge is 0.393 e. The molecule has 0 bridgehead atoms. The molecule has 1 rings (SSSR count). The highest BCUT2D eigenvalue weighted by Crippen LogP contribution is 2.29. The Labute approximate surface area is 68.8 Å². The average molecular weight is 157 g/mol. The lowest BCUT2D eigenvalue weighted by atomic mass is 9.78. The number of nitrogens with two attached hydrogens (primary N) is 1. The Morgan fingerprint density at radius 1 is 1.45 bits per heavy atom. The molecule has 1 fully saturated rings. The Bertz CT molecular complexity index is 125. The average Bonchev–Trinajstić information content (AvgIpc) is 1.94. The van der Waals surface area contributed by atoms with Crippen LogP contribution in [0.4, 0.5) is 0 Å². The van der Waals surface area contributed by atoms with Crippen LogP contribution < -0.4 is 5.73 Å². The topological polar surface area (TPSA) is 46.2 Å². The van der Waals surface area contributed by atoms with E-state index in [2.05, 4.69) is 6.92 Å². The summed E-state index contributed by atoms with van der Waals surface area (Å²) in [5, 5.41) is 9.54. The first kappa shape index (κ1) is 9.01. The van der Waals surface area contributed by atoms with Gasteiger partial charge in [0.15, 0.2) is 0 Å². The molecule has 1 aliphatic rings. The van der Waals surface area contributed by atoms with Gasteiger partial charge in [-0.25, -0.2) is 0 Å². The van der Waals surface area contributed by atoms with E-state index in [1.165, 1.54) is 6.42 Å². The summed E-state index contributed by atoms with van der Waals surface area (Å²) in [6.07, 6.45) is 3.11. The summed E-state index contributed by atoms with van der Waals surface area (Å²) < 4.78 is 0. The summed E-state index contributed by atoms with van der Waals surface area (Å²) in [5.74, 6) is 1.02. The maximum Gasteiger partial charge on any atom is 0.0569 e. The van der Waals surface area contributed by atoms with Crippen LogP contribution in [-0.2, 0) is 0 Å². The Kier molecular flexibility index (Phi) is 2.90. The molecule has 3 unspecified atom stereocenters. The molecule has 2 heteroatoms. The first-order valence-corrected chi connectivity index (χ1v) is 4.55. The second kappa shape index (κ2) is 3.55. The maximum absolute atomic E-state index is 9.54. The molecule has 11 heavy (non-hydrogen) atoms. The van der Waals surface area contributed by atoms with Crippen molar-refractivity contribution in [3.05, 3.63) is 0 Å². The van der Waals surface area contributed by atoms with Crippen molar-refractivity contribution < 1.29 is 5.11 Å². The molecule has 1 saturated carbocycles. The third kappa shape index (κ3) is 2.17. The second-order valence-corrected chi connectivity index (χ2v) is 3.98. The fraction of sp³-hybridized carbons (Fsp3) is 1.00. The van der Waals surface area contributed by atoms with Gasteiger partial charge >= 0.3 is 0 Å². The maximum atomic E-state index is 9.54. The normalized spacial score (nSPS) is 42.0.